The van der Waals surface area contributed by atoms with Crippen molar-refractivity contribution in [3.8, 4) is 0 Å². The molecule has 1 heterocycles. The van der Waals surface area contributed by atoms with Crippen LogP contribution in [0.3, 0.4) is 0 Å². The molecule has 0 fully saturated rings. The van der Waals surface area contributed by atoms with Crippen LogP contribution in [0.2, 0.25) is 0 Å². The van der Waals surface area contributed by atoms with E-state index in [1.54, 1.807) is 11.1 Å². The molecule has 1 atom stereocenters. The minimum absolute atomic E-state index is 0.0526. The fourth-order valence-electron chi connectivity index (χ4n) is 3.25. The number of rotatable bonds is 9. The Hall–Kier alpha value is -3.88. The molecule has 2 aromatic carbocycles. The molecule has 0 aliphatic heterocycles. The molecule has 14 heteroatoms. The Labute approximate surface area is 191 Å². The van der Waals surface area contributed by atoms with Crippen LogP contribution < -0.4 is 15.6 Å². The molecule has 0 spiro atoms. The highest BCUT2D eigenvalue weighted by atomic mass is 32.2. The number of aromatic nitrogens is 2. The zero-order valence-electron chi connectivity index (χ0n) is 17.6. The number of anilines is 1. The zero-order chi connectivity index (χ0) is 25.0. The Morgan fingerprint density at radius 1 is 1.21 bits per heavy atom. The van der Waals surface area contributed by atoms with Crippen molar-refractivity contribution in [2.45, 2.75) is 17.7 Å². The number of halogens is 1. The van der Waals surface area contributed by atoms with Crippen molar-refractivity contribution < 1.29 is 27.6 Å². The first kappa shape index (κ1) is 24.8. The summed E-state index contributed by atoms with van der Waals surface area (Å²) >= 11 is 0. The second-order valence-electron chi connectivity index (χ2n) is 6.88. The summed E-state index contributed by atoms with van der Waals surface area (Å²) in [5.74, 6) is -1.31. The maximum atomic E-state index is 13.9. The van der Waals surface area contributed by atoms with Crippen molar-refractivity contribution in [2.24, 2.45) is 0 Å². The minimum atomic E-state index is -4.69. The van der Waals surface area contributed by atoms with E-state index < -0.39 is 62.0 Å². The van der Waals surface area contributed by atoms with Gasteiger partial charge < -0.3 is 9.84 Å². The summed E-state index contributed by atoms with van der Waals surface area (Å²) in [7, 11) is -3.57. The SMILES string of the molecule is CO[C@H](CN(c1ccccc1CO)S(=O)(=O)c1ccccc1[N+](=O)[O-])n1cc(F)c(=O)[nH]c1=O. The number of methoxy groups -OCH3 is 1. The third-order valence-corrected chi connectivity index (χ3v) is 6.72. The molecule has 0 unspecified atom stereocenters. The minimum Gasteiger partial charge on any atom is -0.392 e. The van der Waals surface area contributed by atoms with E-state index in [-0.39, 0.29) is 11.3 Å². The van der Waals surface area contributed by atoms with E-state index >= 15 is 0 Å². The first-order chi connectivity index (χ1) is 16.1. The Balaban J connectivity index is 2.23. The van der Waals surface area contributed by atoms with Gasteiger partial charge in [0.25, 0.3) is 21.3 Å². The van der Waals surface area contributed by atoms with Gasteiger partial charge in [-0.05, 0) is 12.1 Å². The Kier molecular flexibility index (Phi) is 7.24. The van der Waals surface area contributed by atoms with Gasteiger partial charge in [-0.25, -0.2) is 13.2 Å². The maximum absolute atomic E-state index is 13.9. The average molecular weight is 494 g/mol. The van der Waals surface area contributed by atoms with E-state index in [2.05, 4.69) is 0 Å². The molecular formula is C20H19FN4O8S. The number of hydrogen-bond donors (Lipinski definition) is 2. The highest BCUT2D eigenvalue weighted by Gasteiger charge is 2.35. The van der Waals surface area contributed by atoms with Gasteiger partial charge in [0.15, 0.2) is 11.1 Å². The van der Waals surface area contributed by atoms with Crippen molar-refractivity contribution >= 4 is 21.4 Å². The summed E-state index contributed by atoms with van der Waals surface area (Å²) in [6.07, 6.45) is -0.911. The number of nitrogens with zero attached hydrogens (tertiary/aromatic N) is 3. The number of nitro groups is 1. The lowest BCUT2D eigenvalue weighted by Gasteiger charge is -2.30. The number of sulfonamides is 1. The van der Waals surface area contributed by atoms with Crippen molar-refractivity contribution in [3.05, 3.63) is 97.1 Å². The normalized spacial score (nSPS) is 12.3. The molecule has 0 bridgehead atoms. The molecule has 1 aromatic heterocycles. The lowest BCUT2D eigenvalue weighted by atomic mass is 10.2. The van der Waals surface area contributed by atoms with Crippen LogP contribution in [-0.4, -0.2) is 41.7 Å². The van der Waals surface area contributed by atoms with Gasteiger partial charge in [-0.1, -0.05) is 30.3 Å². The molecule has 0 saturated carbocycles. The van der Waals surface area contributed by atoms with Crippen LogP contribution in [0.1, 0.15) is 11.8 Å². The quantitative estimate of drug-likeness (QED) is 0.330. The number of nitrogens with one attached hydrogen (secondary N) is 1. The molecular weight excluding hydrogens is 475 g/mol. The van der Waals surface area contributed by atoms with Crippen molar-refractivity contribution in [3.63, 3.8) is 0 Å². The number of hydrogen-bond acceptors (Lipinski definition) is 8. The monoisotopic (exact) mass is 494 g/mol. The van der Waals surface area contributed by atoms with Crippen molar-refractivity contribution in [1.82, 2.24) is 9.55 Å². The summed E-state index contributed by atoms with van der Waals surface area (Å²) in [6, 6.07) is 10.4. The molecule has 0 saturated heterocycles. The average Bonchev–Trinajstić information content (AvgIpc) is 2.82. The Morgan fingerprint density at radius 3 is 2.50 bits per heavy atom. The number of para-hydroxylation sites is 2. The van der Waals surface area contributed by atoms with E-state index in [4.69, 9.17) is 4.74 Å². The van der Waals surface area contributed by atoms with Crippen LogP contribution in [0.25, 0.3) is 0 Å². The second kappa shape index (κ2) is 9.94. The molecule has 2 N–H and O–H groups in total. The first-order valence-electron chi connectivity index (χ1n) is 9.60. The molecule has 180 valence electrons. The molecule has 12 nitrogen and oxygen atoms in total. The van der Waals surface area contributed by atoms with Gasteiger partial charge in [0.1, 0.15) is 0 Å². The van der Waals surface area contributed by atoms with Gasteiger partial charge in [0.2, 0.25) is 5.82 Å². The number of nitro benzene ring substituents is 1. The van der Waals surface area contributed by atoms with Crippen LogP contribution in [0.4, 0.5) is 15.8 Å². The molecule has 0 aliphatic rings. The highest BCUT2D eigenvalue weighted by molar-refractivity contribution is 7.93. The molecule has 0 radical (unpaired) electrons. The van der Waals surface area contributed by atoms with Crippen LogP contribution in [-0.2, 0) is 21.4 Å². The van der Waals surface area contributed by atoms with Gasteiger partial charge >= 0.3 is 5.69 Å². The second-order valence-corrected chi connectivity index (χ2v) is 8.71. The van der Waals surface area contributed by atoms with Crippen molar-refractivity contribution in [1.29, 1.82) is 0 Å². The summed E-state index contributed by atoms with van der Waals surface area (Å²) in [6.45, 7) is -1.25. The molecule has 34 heavy (non-hydrogen) atoms. The standard InChI is InChI=1S/C20H19FN4O8S/c1-33-18(23-10-14(21)19(27)22-20(23)28)11-24(15-7-3-2-6-13(15)12-26)34(31,32)17-9-5-4-8-16(17)25(29)30/h2-10,18,26H,11-12H2,1H3,(H,22,27,28)/t18-/m1/s1. The third kappa shape index (κ3) is 4.73. The van der Waals surface area contributed by atoms with E-state index in [0.717, 1.165) is 19.2 Å². The first-order valence-corrected chi connectivity index (χ1v) is 11.0. The van der Waals surface area contributed by atoms with Crippen LogP contribution in [0.5, 0.6) is 0 Å². The highest BCUT2D eigenvalue weighted by Crippen LogP contribution is 2.33. The summed E-state index contributed by atoms with van der Waals surface area (Å²) in [5, 5.41) is 21.3. The fourth-order valence-corrected chi connectivity index (χ4v) is 4.91. The maximum Gasteiger partial charge on any atom is 0.330 e. The third-order valence-electron chi connectivity index (χ3n) is 4.89. The summed E-state index contributed by atoms with van der Waals surface area (Å²) < 4.78 is 47.8. The predicted octanol–water partition coefficient (Wildman–Crippen LogP) is 1.12. The van der Waals surface area contributed by atoms with Crippen LogP contribution >= 0.6 is 0 Å². The molecule has 3 rings (SSSR count). The topological polar surface area (TPSA) is 165 Å². The Bertz CT molecular complexity index is 1440. The van der Waals surface area contributed by atoms with Gasteiger partial charge in [-0.2, -0.15) is 4.39 Å². The molecule has 0 amide bonds. The van der Waals surface area contributed by atoms with Crippen LogP contribution in [0, 0.1) is 15.9 Å². The summed E-state index contributed by atoms with van der Waals surface area (Å²) in [4.78, 5) is 35.4. The zero-order valence-corrected chi connectivity index (χ0v) is 18.4. The van der Waals surface area contributed by atoms with Crippen LogP contribution in [0.15, 0.2) is 69.2 Å². The number of ether oxygens (including phenoxy) is 1. The van der Waals surface area contributed by atoms with Gasteiger partial charge in [0, 0.05) is 18.7 Å². The van der Waals surface area contributed by atoms with E-state index in [0.29, 0.717) is 15.1 Å². The molecule has 0 aliphatic carbocycles. The van der Waals surface area contributed by atoms with E-state index in [1.165, 1.54) is 30.3 Å². The lowest BCUT2D eigenvalue weighted by molar-refractivity contribution is -0.387. The smallest absolute Gasteiger partial charge is 0.330 e. The van der Waals surface area contributed by atoms with E-state index in [1.807, 2.05) is 0 Å². The van der Waals surface area contributed by atoms with Gasteiger partial charge in [-0.15, -0.1) is 0 Å². The number of aliphatic hydroxyl groups is 1. The fraction of sp³-hybridized carbons (Fsp3) is 0.200. The number of H-pyrrole nitrogens is 1. The number of aromatic amines is 1. The van der Waals surface area contributed by atoms with Crippen molar-refractivity contribution in [2.75, 3.05) is 18.0 Å². The predicted molar refractivity (Wildman–Crippen MR) is 117 cm³/mol. The van der Waals surface area contributed by atoms with Gasteiger partial charge in [-0.3, -0.25) is 28.8 Å². The van der Waals surface area contributed by atoms with E-state index in [9.17, 15) is 37.6 Å². The lowest BCUT2D eigenvalue weighted by Crippen LogP contribution is -2.42. The summed E-state index contributed by atoms with van der Waals surface area (Å²) in [5.41, 5.74) is -2.94. The number of benzene rings is 2. The molecule has 3 aromatic rings. The largest absolute Gasteiger partial charge is 0.392 e. The van der Waals surface area contributed by atoms with Gasteiger partial charge in [0.05, 0.1) is 30.0 Å². The number of aliphatic hydroxyl groups excluding tert-OH is 1. The Morgan fingerprint density at radius 2 is 1.85 bits per heavy atom.